The van der Waals surface area contributed by atoms with E-state index in [0.29, 0.717) is 16.9 Å². The maximum atomic E-state index is 10.5. The van der Waals surface area contributed by atoms with Gasteiger partial charge in [0.25, 0.3) is 0 Å². The first-order valence-electron chi connectivity index (χ1n) is 6.91. The first kappa shape index (κ1) is 14.9. The number of rotatable bonds is 3. The second kappa shape index (κ2) is 6.31. The topological polar surface area (TPSA) is 40.5 Å². The van der Waals surface area contributed by atoms with Crippen molar-refractivity contribution in [3.8, 4) is 0 Å². The van der Waals surface area contributed by atoms with Crippen LogP contribution >= 0.6 is 11.6 Å². The molecule has 1 aromatic rings. The van der Waals surface area contributed by atoms with Gasteiger partial charge in [-0.3, -0.25) is 0 Å². The number of carboxylic acids is 1. The number of nitrogens with zero attached hydrogens (tertiary/aromatic N) is 1. The molecule has 1 saturated heterocycles. The Morgan fingerprint density at radius 3 is 2.55 bits per heavy atom. The maximum absolute atomic E-state index is 10.5. The number of benzene rings is 1. The molecule has 20 heavy (non-hydrogen) atoms. The summed E-state index contributed by atoms with van der Waals surface area (Å²) in [6.45, 7) is 6.57. The van der Waals surface area contributed by atoms with Gasteiger partial charge in [0.2, 0.25) is 0 Å². The minimum Gasteiger partial charge on any atom is -0.478 e. The van der Waals surface area contributed by atoms with Crippen molar-refractivity contribution in [2.24, 2.45) is 11.8 Å². The quantitative estimate of drug-likeness (QED) is 0.859. The molecule has 0 spiro atoms. The van der Waals surface area contributed by atoms with E-state index in [1.165, 1.54) is 6.42 Å². The van der Waals surface area contributed by atoms with Gasteiger partial charge in [-0.2, -0.15) is 0 Å². The molecule has 3 nitrogen and oxygen atoms in total. The molecule has 0 saturated carbocycles. The van der Waals surface area contributed by atoms with Gasteiger partial charge in [-0.1, -0.05) is 31.5 Å². The lowest BCUT2D eigenvalue weighted by atomic mass is 9.91. The zero-order chi connectivity index (χ0) is 14.7. The van der Waals surface area contributed by atoms with Crippen molar-refractivity contribution >= 4 is 29.3 Å². The second-order valence-electron chi connectivity index (χ2n) is 5.73. The Bertz CT molecular complexity index is 517. The molecule has 1 aliphatic rings. The molecule has 0 bridgehead atoms. The number of hydrogen-bond acceptors (Lipinski definition) is 2. The molecule has 108 valence electrons. The third kappa shape index (κ3) is 3.76. The van der Waals surface area contributed by atoms with Gasteiger partial charge < -0.3 is 10.0 Å². The van der Waals surface area contributed by atoms with Gasteiger partial charge in [-0.05, 0) is 42.0 Å². The molecule has 0 aromatic heterocycles. The lowest BCUT2D eigenvalue weighted by molar-refractivity contribution is -0.131. The fourth-order valence-electron chi connectivity index (χ4n) is 2.91. The van der Waals surface area contributed by atoms with Gasteiger partial charge >= 0.3 is 5.97 Å². The summed E-state index contributed by atoms with van der Waals surface area (Å²) in [5.41, 5.74) is 1.84. The number of carbonyl (C=O) groups is 1. The van der Waals surface area contributed by atoms with Crippen molar-refractivity contribution in [2.75, 3.05) is 18.0 Å². The highest BCUT2D eigenvalue weighted by Gasteiger charge is 2.23. The summed E-state index contributed by atoms with van der Waals surface area (Å²) in [5, 5.41) is 9.31. The summed E-state index contributed by atoms with van der Waals surface area (Å²) >= 11 is 6.35. The molecule has 0 aliphatic carbocycles. The van der Waals surface area contributed by atoms with Crippen molar-refractivity contribution in [1.82, 2.24) is 0 Å². The maximum Gasteiger partial charge on any atom is 0.328 e. The van der Waals surface area contributed by atoms with Crippen LogP contribution in [0.3, 0.4) is 0 Å². The van der Waals surface area contributed by atoms with Crippen LogP contribution in [0, 0.1) is 11.8 Å². The van der Waals surface area contributed by atoms with Crippen molar-refractivity contribution in [2.45, 2.75) is 20.3 Å². The average molecular weight is 294 g/mol. The monoisotopic (exact) mass is 293 g/mol. The second-order valence-corrected chi connectivity index (χ2v) is 6.14. The molecule has 1 aliphatic heterocycles. The highest BCUT2D eigenvalue weighted by Crippen LogP contribution is 2.32. The van der Waals surface area contributed by atoms with E-state index in [1.807, 2.05) is 18.2 Å². The fourth-order valence-corrected chi connectivity index (χ4v) is 3.22. The first-order chi connectivity index (χ1) is 9.45. The van der Waals surface area contributed by atoms with Gasteiger partial charge in [0.15, 0.2) is 0 Å². The standard InChI is InChI=1S/C16H20ClNO2/c1-11-7-12(2)10-18(9-11)15-5-3-13(8-14(15)17)4-6-16(19)20/h3-6,8,11-12H,7,9-10H2,1-2H3,(H,19,20)/b6-4+. The largest absolute Gasteiger partial charge is 0.478 e. The molecule has 0 amide bonds. The summed E-state index contributed by atoms with van der Waals surface area (Å²) in [6.07, 6.45) is 3.93. The molecule has 2 unspecified atom stereocenters. The minimum atomic E-state index is -0.955. The summed E-state index contributed by atoms with van der Waals surface area (Å²) < 4.78 is 0. The number of halogens is 1. The van der Waals surface area contributed by atoms with Gasteiger partial charge in [0, 0.05) is 19.2 Å². The van der Waals surface area contributed by atoms with Crippen molar-refractivity contribution in [1.29, 1.82) is 0 Å². The van der Waals surface area contributed by atoms with Gasteiger partial charge in [0.05, 0.1) is 10.7 Å². The lowest BCUT2D eigenvalue weighted by Crippen LogP contribution is -2.38. The van der Waals surface area contributed by atoms with Crippen LogP contribution in [-0.4, -0.2) is 24.2 Å². The Labute approximate surface area is 124 Å². The van der Waals surface area contributed by atoms with Gasteiger partial charge in [0.1, 0.15) is 0 Å². The summed E-state index contributed by atoms with van der Waals surface area (Å²) in [6, 6.07) is 5.71. The van der Waals surface area contributed by atoms with Crippen LogP contribution < -0.4 is 4.90 Å². The van der Waals surface area contributed by atoms with Crippen molar-refractivity contribution in [3.63, 3.8) is 0 Å². The summed E-state index contributed by atoms with van der Waals surface area (Å²) in [5.74, 6) is 0.381. The third-order valence-electron chi connectivity index (χ3n) is 3.60. The smallest absolute Gasteiger partial charge is 0.328 e. The lowest BCUT2D eigenvalue weighted by Gasteiger charge is -2.37. The Morgan fingerprint density at radius 1 is 1.35 bits per heavy atom. The Kier molecular flexibility index (Phi) is 4.71. The van der Waals surface area contributed by atoms with Crippen LogP contribution in [0.25, 0.3) is 6.08 Å². The molecule has 2 rings (SSSR count). The van der Waals surface area contributed by atoms with E-state index >= 15 is 0 Å². The first-order valence-corrected chi connectivity index (χ1v) is 7.29. The highest BCUT2D eigenvalue weighted by atomic mass is 35.5. The average Bonchev–Trinajstić information content (AvgIpc) is 2.35. The normalized spacial score (nSPS) is 23.2. The molecule has 0 radical (unpaired) electrons. The van der Waals surface area contributed by atoms with Crippen LogP contribution in [0.5, 0.6) is 0 Å². The zero-order valence-corrected chi connectivity index (χ0v) is 12.6. The van der Waals surface area contributed by atoms with Crippen LogP contribution in [-0.2, 0) is 4.79 Å². The molecule has 1 aromatic carbocycles. The van der Waals surface area contributed by atoms with Crippen LogP contribution in [0.2, 0.25) is 5.02 Å². The number of anilines is 1. The Balaban J connectivity index is 2.19. The molecular formula is C16H20ClNO2. The number of hydrogen-bond donors (Lipinski definition) is 1. The highest BCUT2D eigenvalue weighted by molar-refractivity contribution is 6.33. The zero-order valence-electron chi connectivity index (χ0n) is 11.8. The molecule has 2 atom stereocenters. The number of aliphatic carboxylic acids is 1. The van der Waals surface area contributed by atoms with Gasteiger partial charge in [-0.15, -0.1) is 0 Å². The molecule has 1 heterocycles. The van der Waals surface area contributed by atoms with Crippen LogP contribution in [0.1, 0.15) is 25.8 Å². The number of carboxylic acid groups (broad SMARTS) is 1. The van der Waals surface area contributed by atoms with E-state index in [-0.39, 0.29) is 0 Å². The van der Waals surface area contributed by atoms with Crippen LogP contribution in [0.15, 0.2) is 24.3 Å². The molecular weight excluding hydrogens is 274 g/mol. The third-order valence-corrected chi connectivity index (χ3v) is 3.90. The Hall–Kier alpha value is -1.48. The van der Waals surface area contributed by atoms with E-state index in [0.717, 1.165) is 30.4 Å². The SMILES string of the molecule is CC1CC(C)CN(c2ccc(/C=C/C(=O)O)cc2Cl)C1. The predicted molar refractivity (Wildman–Crippen MR) is 83.3 cm³/mol. The van der Waals surface area contributed by atoms with E-state index in [1.54, 1.807) is 6.08 Å². The van der Waals surface area contributed by atoms with Crippen molar-refractivity contribution < 1.29 is 9.90 Å². The molecule has 1 N–H and O–H groups in total. The van der Waals surface area contributed by atoms with Crippen LogP contribution in [0.4, 0.5) is 5.69 Å². The summed E-state index contributed by atoms with van der Waals surface area (Å²) in [7, 11) is 0. The van der Waals surface area contributed by atoms with E-state index in [9.17, 15) is 4.79 Å². The van der Waals surface area contributed by atoms with Crippen molar-refractivity contribution in [3.05, 3.63) is 34.9 Å². The van der Waals surface area contributed by atoms with E-state index in [4.69, 9.17) is 16.7 Å². The Morgan fingerprint density at radius 2 is 2.00 bits per heavy atom. The molecule has 4 heteroatoms. The fraction of sp³-hybridized carbons (Fsp3) is 0.438. The minimum absolute atomic E-state index is 0.668. The van der Waals surface area contributed by atoms with E-state index < -0.39 is 5.97 Å². The van der Waals surface area contributed by atoms with E-state index in [2.05, 4.69) is 18.7 Å². The number of piperidine rings is 1. The summed E-state index contributed by atoms with van der Waals surface area (Å²) in [4.78, 5) is 12.8. The van der Waals surface area contributed by atoms with Gasteiger partial charge in [-0.25, -0.2) is 4.79 Å². The molecule has 1 fully saturated rings. The predicted octanol–water partition coefficient (Wildman–Crippen LogP) is 3.92.